The fraction of sp³-hybridized carbons (Fsp3) is 0.269. The van der Waals surface area contributed by atoms with Crippen LogP contribution in [0.25, 0.3) is 0 Å². The van der Waals surface area contributed by atoms with Crippen molar-refractivity contribution in [2.75, 3.05) is 6.61 Å². The molecule has 0 spiro atoms. The van der Waals surface area contributed by atoms with Crippen molar-refractivity contribution in [3.8, 4) is 0 Å². The second kappa shape index (κ2) is 9.27. The largest absolute Gasteiger partial charge is 0.461 e. The van der Waals surface area contributed by atoms with E-state index in [4.69, 9.17) is 8.92 Å². The van der Waals surface area contributed by atoms with Gasteiger partial charge in [-0.15, -0.1) is 0 Å². The molecular formula is C26H26O5S. The molecule has 0 aliphatic carbocycles. The van der Waals surface area contributed by atoms with Crippen LogP contribution in [0.15, 0.2) is 89.8 Å². The molecule has 1 atom stereocenters. The first-order chi connectivity index (χ1) is 15.4. The van der Waals surface area contributed by atoms with E-state index in [0.717, 1.165) is 16.7 Å². The van der Waals surface area contributed by atoms with Gasteiger partial charge >= 0.3 is 5.97 Å². The number of hydrogen-bond donors (Lipinski definition) is 0. The third-order valence-corrected chi connectivity index (χ3v) is 7.23. The Morgan fingerprint density at radius 3 is 2.03 bits per heavy atom. The van der Waals surface area contributed by atoms with E-state index in [1.807, 2.05) is 67.6 Å². The van der Waals surface area contributed by atoms with Crippen LogP contribution in [0.3, 0.4) is 0 Å². The molecule has 5 nitrogen and oxygen atoms in total. The summed E-state index contributed by atoms with van der Waals surface area (Å²) in [5, 5.41) is 0. The molecule has 1 unspecified atom stereocenters. The summed E-state index contributed by atoms with van der Waals surface area (Å²) in [6.07, 6.45) is 1.18. The summed E-state index contributed by atoms with van der Waals surface area (Å²) in [4.78, 5) is 13.3. The topological polar surface area (TPSA) is 69.7 Å². The Kier molecular flexibility index (Phi) is 6.44. The highest BCUT2D eigenvalue weighted by Crippen LogP contribution is 2.44. The van der Waals surface area contributed by atoms with Gasteiger partial charge in [0.25, 0.3) is 10.1 Å². The predicted octanol–water partition coefficient (Wildman–Crippen LogP) is 4.78. The lowest BCUT2D eigenvalue weighted by Crippen LogP contribution is -2.33. The Hall–Kier alpha value is -2.96. The van der Waals surface area contributed by atoms with E-state index in [0.29, 0.717) is 19.3 Å². The van der Waals surface area contributed by atoms with E-state index in [-0.39, 0.29) is 23.6 Å². The molecule has 1 aliphatic rings. The maximum atomic E-state index is 13.2. The summed E-state index contributed by atoms with van der Waals surface area (Å²) < 4.78 is 35.7. The van der Waals surface area contributed by atoms with Crippen molar-refractivity contribution in [1.29, 1.82) is 0 Å². The first kappa shape index (κ1) is 22.2. The number of hydrogen-bond acceptors (Lipinski definition) is 5. The number of benzene rings is 3. The quantitative estimate of drug-likeness (QED) is 0.281. The minimum Gasteiger partial charge on any atom is -0.461 e. The van der Waals surface area contributed by atoms with E-state index >= 15 is 0 Å². The van der Waals surface area contributed by atoms with Gasteiger partial charge in [-0.05, 0) is 43.0 Å². The molecule has 1 heterocycles. The zero-order chi connectivity index (χ0) is 22.6. The lowest BCUT2D eigenvalue weighted by atomic mass is 9.72. The highest BCUT2D eigenvalue weighted by molar-refractivity contribution is 7.86. The lowest BCUT2D eigenvalue weighted by molar-refractivity contribution is -0.144. The fourth-order valence-electron chi connectivity index (χ4n) is 4.22. The number of rotatable bonds is 8. The van der Waals surface area contributed by atoms with Crippen molar-refractivity contribution in [1.82, 2.24) is 0 Å². The van der Waals surface area contributed by atoms with Crippen LogP contribution in [0, 0.1) is 6.92 Å². The summed E-state index contributed by atoms with van der Waals surface area (Å²) in [6, 6.07) is 25.9. The first-order valence-electron chi connectivity index (χ1n) is 10.7. The van der Waals surface area contributed by atoms with Crippen LogP contribution in [0.2, 0.25) is 0 Å². The van der Waals surface area contributed by atoms with Crippen molar-refractivity contribution in [2.45, 2.75) is 42.6 Å². The van der Waals surface area contributed by atoms with Gasteiger partial charge in [0.1, 0.15) is 11.5 Å². The third kappa shape index (κ3) is 4.47. The highest BCUT2D eigenvalue weighted by Gasteiger charge is 2.51. The first-order valence-corrected chi connectivity index (χ1v) is 12.1. The maximum absolute atomic E-state index is 13.2. The number of esters is 1. The number of aryl methyl sites for hydroxylation is 1. The van der Waals surface area contributed by atoms with E-state index in [2.05, 4.69) is 0 Å². The van der Waals surface area contributed by atoms with Gasteiger partial charge in [0.05, 0.1) is 11.5 Å². The second-order valence-corrected chi connectivity index (χ2v) is 9.72. The average Bonchev–Trinajstić information content (AvgIpc) is 3.15. The Balaban J connectivity index is 1.43. The normalized spacial score (nSPS) is 17.8. The van der Waals surface area contributed by atoms with Gasteiger partial charge in [-0.2, -0.15) is 8.42 Å². The van der Waals surface area contributed by atoms with Gasteiger partial charge in [0, 0.05) is 6.42 Å². The van der Waals surface area contributed by atoms with E-state index in [1.165, 1.54) is 12.1 Å². The third-order valence-electron chi connectivity index (χ3n) is 5.91. The predicted molar refractivity (Wildman–Crippen MR) is 122 cm³/mol. The fourth-order valence-corrected chi connectivity index (χ4v) is 5.16. The standard InChI is InChI=1S/C26H26O5S/c1-20-14-16-24(17-15-20)32(28,29)30-18-8-13-23-19-26(25(27)31-23,21-9-4-2-5-10-21)22-11-6-3-7-12-22/h2-7,9-12,14-17,23H,8,13,18-19H2,1H3. The number of cyclic esters (lactones) is 1. The molecule has 4 rings (SSSR count). The molecule has 1 fully saturated rings. The zero-order valence-electron chi connectivity index (χ0n) is 17.9. The van der Waals surface area contributed by atoms with Crippen molar-refractivity contribution in [3.63, 3.8) is 0 Å². The molecule has 3 aromatic carbocycles. The van der Waals surface area contributed by atoms with Crippen LogP contribution in [-0.2, 0) is 29.2 Å². The molecular weight excluding hydrogens is 424 g/mol. The van der Waals surface area contributed by atoms with E-state index in [9.17, 15) is 13.2 Å². The Bertz CT molecular complexity index is 1120. The van der Waals surface area contributed by atoms with Crippen molar-refractivity contribution >= 4 is 16.1 Å². The Morgan fingerprint density at radius 2 is 1.47 bits per heavy atom. The number of carbonyl (C=O) groups is 1. The molecule has 32 heavy (non-hydrogen) atoms. The summed E-state index contributed by atoms with van der Waals surface area (Å²) in [7, 11) is -3.80. The highest BCUT2D eigenvalue weighted by atomic mass is 32.2. The summed E-state index contributed by atoms with van der Waals surface area (Å²) in [6.45, 7) is 1.93. The minimum absolute atomic E-state index is 0.0356. The molecule has 3 aromatic rings. The van der Waals surface area contributed by atoms with Crippen LogP contribution in [0.1, 0.15) is 36.0 Å². The van der Waals surface area contributed by atoms with Gasteiger partial charge in [0.15, 0.2) is 0 Å². The van der Waals surface area contributed by atoms with Crippen LogP contribution in [0.4, 0.5) is 0 Å². The van der Waals surface area contributed by atoms with Crippen LogP contribution in [0.5, 0.6) is 0 Å². The van der Waals surface area contributed by atoms with Gasteiger partial charge in [-0.3, -0.25) is 8.98 Å². The maximum Gasteiger partial charge on any atom is 0.321 e. The average molecular weight is 451 g/mol. The van der Waals surface area contributed by atoms with E-state index in [1.54, 1.807) is 12.1 Å². The van der Waals surface area contributed by atoms with Gasteiger partial charge in [0.2, 0.25) is 0 Å². The molecule has 0 aromatic heterocycles. The van der Waals surface area contributed by atoms with Crippen molar-refractivity contribution in [2.24, 2.45) is 0 Å². The molecule has 0 bridgehead atoms. The minimum atomic E-state index is -3.80. The molecule has 0 saturated carbocycles. The molecule has 166 valence electrons. The summed E-state index contributed by atoms with van der Waals surface area (Å²) in [5.41, 5.74) is 1.92. The van der Waals surface area contributed by atoms with Crippen molar-refractivity contribution in [3.05, 3.63) is 102 Å². The lowest BCUT2D eigenvalue weighted by Gasteiger charge is -2.26. The summed E-state index contributed by atoms with van der Waals surface area (Å²) >= 11 is 0. The molecule has 6 heteroatoms. The number of carbonyl (C=O) groups excluding carboxylic acids is 1. The Morgan fingerprint density at radius 1 is 0.906 bits per heavy atom. The summed E-state index contributed by atoms with van der Waals surface area (Å²) in [5.74, 6) is -0.270. The van der Waals surface area contributed by atoms with Crippen molar-refractivity contribution < 1.29 is 22.1 Å². The van der Waals surface area contributed by atoms with Crippen LogP contribution < -0.4 is 0 Å². The van der Waals surface area contributed by atoms with Gasteiger partial charge < -0.3 is 4.74 Å². The SMILES string of the molecule is Cc1ccc(S(=O)(=O)OCCCC2CC(c3ccccc3)(c3ccccc3)C(=O)O2)cc1. The molecule has 1 saturated heterocycles. The molecule has 0 N–H and O–H groups in total. The van der Waals surface area contributed by atoms with Gasteiger partial charge in [-0.25, -0.2) is 0 Å². The smallest absolute Gasteiger partial charge is 0.321 e. The van der Waals surface area contributed by atoms with Gasteiger partial charge in [-0.1, -0.05) is 78.4 Å². The molecule has 0 radical (unpaired) electrons. The number of ether oxygens (including phenoxy) is 1. The van der Waals surface area contributed by atoms with E-state index < -0.39 is 15.5 Å². The van der Waals surface area contributed by atoms with Crippen LogP contribution >= 0.6 is 0 Å². The monoisotopic (exact) mass is 450 g/mol. The molecule has 1 aliphatic heterocycles. The Labute approximate surface area is 189 Å². The zero-order valence-corrected chi connectivity index (χ0v) is 18.8. The molecule has 0 amide bonds. The second-order valence-electron chi connectivity index (χ2n) is 8.10. The van der Waals surface area contributed by atoms with Crippen LogP contribution in [-0.4, -0.2) is 27.1 Å².